The zero-order chi connectivity index (χ0) is 17.1. The van der Waals surface area contributed by atoms with Crippen molar-refractivity contribution in [1.29, 1.82) is 0 Å². The van der Waals surface area contributed by atoms with E-state index in [0.29, 0.717) is 25.3 Å². The summed E-state index contributed by atoms with van der Waals surface area (Å²) in [5.41, 5.74) is 0.422. The molecule has 1 saturated heterocycles. The highest BCUT2D eigenvalue weighted by Crippen LogP contribution is 2.37. The average molecular weight is 339 g/mol. The van der Waals surface area contributed by atoms with Gasteiger partial charge in [0.05, 0.1) is 13.7 Å². The lowest BCUT2D eigenvalue weighted by Gasteiger charge is -2.40. The van der Waals surface area contributed by atoms with E-state index >= 15 is 0 Å². The third-order valence-corrected chi connectivity index (χ3v) is 6.34. The maximum Gasteiger partial charge on any atom is 0.246 e. The number of hydrogen-bond acceptors (Lipinski definition) is 4. The van der Waals surface area contributed by atoms with Crippen LogP contribution in [0.1, 0.15) is 24.8 Å². The van der Waals surface area contributed by atoms with Gasteiger partial charge in [-0.3, -0.25) is 0 Å². The van der Waals surface area contributed by atoms with Gasteiger partial charge in [0.15, 0.2) is 0 Å². The molecular weight excluding hydrogens is 314 g/mol. The molecule has 1 aliphatic rings. The minimum atomic E-state index is -3.66. The second-order valence-electron chi connectivity index (χ2n) is 6.25. The van der Waals surface area contributed by atoms with Crippen LogP contribution in [0.15, 0.2) is 35.7 Å². The molecule has 0 radical (unpaired) electrons. The van der Waals surface area contributed by atoms with Gasteiger partial charge in [-0.05, 0) is 43.9 Å². The molecule has 23 heavy (non-hydrogen) atoms. The Labute approximate surface area is 138 Å². The Morgan fingerprint density at radius 1 is 1.48 bits per heavy atom. The van der Waals surface area contributed by atoms with Crippen LogP contribution >= 0.6 is 0 Å². The third kappa shape index (κ3) is 3.59. The van der Waals surface area contributed by atoms with Crippen molar-refractivity contribution >= 4 is 10.0 Å². The Morgan fingerprint density at radius 2 is 2.22 bits per heavy atom. The lowest BCUT2D eigenvalue weighted by Crippen LogP contribution is -2.47. The summed E-state index contributed by atoms with van der Waals surface area (Å²) in [7, 11) is -2.20. The number of aryl methyl sites for hydroxylation is 1. The summed E-state index contributed by atoms with van der Waals surface area (Å²) in [6.07, 6.45) is 3.87. The standard InChI is InChI=1S/C17H25NO4S/c1-4-8-17(13-19)9-5-10-18(12-17)23(20,21)16-11-14(2)6-7-15(16)22-3/h4,6-7,11,19H,1,5,8-10,12-13H2,2-3H3. The van der Waals surface area contributed by atoms with E-state index in [0.717, 1.165) is 18.4 Å². The van der Waals surface area contributed by atoms with Crippen LogP contribution in [0, 0.1) is 12.3 Å². The topological polar surface area (TPSA) is 66.8 Å². The number of hydrogen-bond donors (Lipinski definition) is 1. The molecule has 1 aromatic rings. The highest BCUT2D eigenvalue weighted by molar-refractivity contribution is 7.89. The Hall–Kier alpha value is -1.37. The summed E-state index contributed by atoms with van der Waals surface area (Å²) in [6.45, 7) is 6.30. The molecule has 6 heteroatoms. The van der Waals surface area contributed by atoms with E-state index in [1.54, 1.807) is 18.2 Å². The third-order valence-electron chi connectivity index (χ3n) is 4.48. The zero-order valence-electron chi connectivity index (χ0n) is 13.8. The fraction of sp³-hybridized carbons (Fsp3) is 0.529. The summed E-state index contributed by atoms with van der Waals surface area (Å²) in [4.78, 5) is 0.187. The van der Waals surface area contributed by atoms with Gasteiger partial charge in [0, 0.05) is 18.5 Å². The number of benzene rings is 1. The molecule has 0 bridgehead atoms. The van der Waals surface area contributed by atoms with Crippen molar-refractivity contribution in [3.8, 4) is 5.75 Å². The monoisotopic (exact) mass is 339 g/mol. The lowest BCUT2D eigenvalue weighted by atomic mass is 9.79. The number of ether oxygens (including phenoxy) is 1. The fourth-order valence-corrected chi connectivity index (χ4v) is 4.99. The molecule has 1 heterocycles. The normalized spacial score (nSPS) is 22.7. The van der Waals surface area contributed by atoms with Gasteiger partial charge < -0.3 is 9.84 Å². The predicted octanol–water partition coefficient (Wildman–Crippen LogP) is 2.34. The van der Waals surface area contributed by atoms with Gasteiger partial charge in [0.2, 0.25) is 10.0 Å². The molecule has 0 amide bonds. The van der Waals surface area contributed by atoms with E-state index < -0.39 is 15.4 Å². The fourth-order valence-electron chi connectivity index (χ4n) is 3.16. The number of methoxy groups -OCH3 is 1. The van der Waals surface area contributed by atoms with Crippen LogP contribution in [0.4, 0.5) is 0 Å². The van der Waals surface area contributed by atoms with Gasteiger partial charge in [-0.2, -0.15) is 4.31 Å². The Bertz CT molecular complexity index is 671. The van der Waals surface area contributed by atoms with E-state index in [9.17, 15) is 13.5 Å². The Kier molecular flexibility index (Phi) is 5.49. The van der Waals surface area contributed by atoms with E-state index in [2.05, 4.69) is 6.58 Å². The molecule has 1 aromatic carbocycles. The number of rotatable bonds is 6. The van der Waals surface area contributed by atoms with Gasteiger partial charge in [0.1, 0.15) is 10.6 Å². The molecule has 128 valence electrons. The van der Waals surface area contributed by atoms with Gasteiger partial charge in [-0.25, -0.2) is 8.42 Å². The molecule has 2 rings (SSSR count). The van der Waals surface area contributed by atoms with Crippen molar-refractivity contribution < 1.29 is 18.3 Å². The molecular formula is C17H25NO4S. The van der Waals surface area contributed by atoms with Gasteiger partial charge in [-0.15, -0.1) is 6.58 Å². The quantitative estimate of drug-likeness (QED) is 0.808. The first kappa shape index (κ1) is 18.0. The summed E-state index contributed by atoms with van der Waals surface area (Å²) in [5.74, 6) is 0.347. The summed E-state index contributed by atoms with van der Waals surface area (Å²) >= 11 is 0. The van der Waals surface area contributed by atoms with Gasteiger partial charge >= 0.3 is 0 Å². The molecule has 0 aliphatic carbocycles. The minimum Gasteiger partial charge on any atom is -0.495 e. The predicted molar refractivity (Wildman–Crippen MR) is 90.1 cm³/mol. The van der Waals surface area contributed by atoms with Crippen LogP contribution < -0.4 is 4.74 Å². The first-order valence-electron chi connectivity index (χ1n) is 7.75. The van der Waals surface area contributed by atoms with Crippen molar-refractivity contribution in [3.05, 3.63) is 36.4 Å². The average Bonchev–Trinajstić information content (AvgIpc) is 2.55. The van der Waals surface area contributed by atoms with E-state index in [1.165, 1.54) is 11.4 Å². The van der Waals surface area contributed by atoms with Crippen molar-refractivity contribution in [1.82, 2.24) is 4.31 Å². The number of aliphatic hydroxyl groups is 1. The van der Waals surface area contributed by atoms with E-state index in [1.807, 2.05) is 13.0 Å². The maximum absolute atomic E-state index is 13.1. The molecule has 1 N–H and O–H groups in total. The van der Waals surface area contributed by atoms with Crippen molar-refractivity contribution in [2.75, 3.05) is 26.8 Å². The number of allylic oxidation sites excluding steroid dienone is 1. The van der Waals surface area contributed by atoms with Gasteiger partial charge in [-0.1, -0.05) is 12.1 Å². The smallest absolute Gasteiger partial charge is 0.246 e. The first-order valence-corrected chi connectivity index (χ1v) is 9.19. The highest BCUT2D eigenvalue weighted by atomic mass is 32.2. The summed E-state index contributed by atoms with van der Waals surface area (Å²) in [6, 6.07) is 5.13. The maximum atomic E-state index is 13.1. The second-order valence-corrected chi connectivity index (χ2v) is 8.15. The van der Waals surface area contributed by atoms with Crippen LogP contribution in [0.5, 0.6) is 5.75 Å². The number of nitrogens with zero attached hydrogens (tertiary/aromatic N) is 1. The Balaban J connectivity index is 2.40. The van der Waals surface area contributed by atoms with E-state index in [4.69, 9.17) is 4.74 Å². The van der Waals surface area contributed by atoms with Crippen LogP contribution in [0.3, 0.4) is 0 Å². The van der Waals surface area contributed by atoms with Crippen LogP contribution in [-0.4, -0.2) is 44.6 Å². The molecule has 0 saturated carbocycles. The van der Waals surface area contributed by atoms with Crippen LogP contribution in [-0.2, 0) is 10.0 Å². The molecule has 1 unspecified atom stereocenters. The number of aliphatic hydroxyl groups excluding tert-OH is 1. The second kappa shape index (κ2) is 7.03. The highest BCUT2D eigenvalue weighted by Gasteiger charge is 2.39. The molecule has 1 aliphatic heterocycles. The molecule has 0 aromatic heterocycles. The largest absolute Gasteiger partial charge is 0.495 e. The molecule has 5 nitrogen and oxygen atoms in total. The van der Waals surface area contributed by atoms with E-state index in [-0.39, 0.29) is 11.5 Å². The van der Waals surface area contributed by atoms with Crippen LogP contribution in [0.2, 0.25) is 0 Å². The number of piperidine rings is 1. The summed E-state index contributed by atoms with van der Waals surface area (Å²) in [5, 5.41) is 9.78. The molecule has 1 fully saturated rings. The first-order chi connectivity index (χ1) is 10.9. The summed E-state index contributed by atoms with van der Waals surface area (Å²) < 4.78 is 32.8. The van der Waals surface area contributed by atoms with Crippen LogP contribution in [0.25, 0.3) is 0 Å². The zero-order valence-corrected chi connectivity index (χ0v) is 14.6. The SMILES string of the molecule is C=CCC1(CO)CCCN(S(=O)(=O)c2cc(C)ccc2OC)C1. The minimum absolute atomic E-state index is 0.0456. The van der Waals surface area contributed by atoms with Crippen molar-refractivity contribution in [3.63, 3.8) is 0 Å². The van der Waals surface area contributed by atoms with Crippen molar-refractivity contribution in [2.45, 2.75) is 31.1 Å². The molecule has 1 atom stereocenters. The lowest BCUT2D eigenvalue weighted by molar-refractivity contribution is 0.0669. The molecule has 0 spiro atoms. The van der Waals surface area contributed by atoms with Gasteiger partial charge in [0.25, 0.3) is 0 Å². The van der Waals surface area contributed by atoms with Crippen molar-refractivity contribution in [2.24, 2.45) is 5.41 Å². The Morgan fingerprint density at radius 3 is 2.83 bits per heavy atom. The number of sulfonamides is 1.